The van der Waals surface area contributed by atoms with E-state index >= 15 is 4.39 Å². The maximum atomic E-state index is 16.7. The highest BCUT2D eigenvalue weighted by molar-refractivity contribution is 5.89. The van der Waals surface area contributed by atoms with Crippen LogP contribution in [0, 0.1) is 5.92 Å². The number of piperidine rings is 2. The van der Waals surface area contributed by atoms with Gasteiger partial charge in [-0.25, -0.2) is 9.18 Å². The van der Waals surface area contributed by atoms with Crippen molar-refractivity contribution in [1.29, 1.82) is 0 Å². The first-order chi connectivity index (χ1) is 20.3. The third-order valence-corrected chi connectivity index (χ3v) is 9.10. The van der Waals surface area contributed by atoms with Gasteiger partial charge in [0.05, 0.1) is 18.0 Å². The number of phenols is 1. The molecule has 3 heterocycles. The van der Waals surface area contributed by atoms with E-state index in [2.05, 4.69) is 0 Å². The second-order valence-electron chi connectivity index (χ2n) is 11.7. The molecule has 0 aliphatic carbocycles. The minimum Gasteiger partial charge on any atom is -0.508 e. The maximum Gasteiger partial charge on any atom is 0.416 e. The van der Waals surface area contributed by atoms with Crippen LogP contribution in [0.4, 0.5) is 28.0 Å². The molecule has 3 fully saturated rings. The number of carbonyl (C=O) groups excluding carboxylic acids is 2. The van der Waals surface area contributed by atoms with Crippen LogP contribution in [0.1, 0.15) is 54.2 Å². The van der Waals surface area contributed by atoms with Crippen molar-refractivity contribution < 1.29 is 42.2 Å². The van der Waals surface area contributed by atoms with Gasteiger partial charge >= 0.3 is 18.2 Å². The largest absolute Gasteiger partial charge is 0.508 e. The molecule has 3 saturated heterocycles. The summed E-state index contributed by atoms with van der Waals surface area (Å²) in [6.07, 6.45) is -3.14. The van der Waals surface area contributed by atoms with Crippen LogP contribution >= 0.6 is 0 Å². The molecule has 0 unspecified atom stereocenters. The van der Waals surface area contributed by atoms with Crippen molar-refractivity contribution in [3.63, 3.8) is 0 Å². The Kier molecular flexibility index (Phi) is 8.19. The Hall–Kier alpha value is -4.03. The molecule has 3 aliphatic rings. The predicted octanol–water partition coefficient (Wildman–Crippen LogP) is 4.30. The number of urea groups is 1. The number of primary amides is 1. The van der Waals surface area contributed by atoms with Crippen molar-refractivity contribution >= 4 is 23.6 Å². The van der Waals surface area contributed by atoms with Crippen LogP contribution in [-0.4, -0.2) is 82.9 Å². The minimum atomic E-state index is -4.55. The summed E-state index contributed by atoms with van der Waals surface area (Å²) in [6.45, 7) is 0.323. The Labute approximate surface area is 245 Å². The van der Waals surface area contributed by atoms with Crippen LogP contribution in [0.2, 0.25) is 0 Å². The summed E-state index contributed by atoms with van der Waals surface area (Å²) in [4.78, 5) is 41.3. The number of amides is 3. The van der Waals surface area contributed by atoms with Crippen molar-refractivity contribution in [2.45, 2.75) is 49.4 Å². The fourth-order valence-electron chi connectivity index (χ4n) is 6.64. The molecular formula is C30H34F4N4O5. The molecule has 13 heteroatoms. The van der Waals surface area contributed by atoms with Gasteiger partial charge < -0.3 is 30.6 Å². The molecule has 5 rings (SSSR count). The van der Waals surface area contributed by atoms with Crippen LogP contribution in [0.3, 0.4) is 0 Å². The van der Waals surface area contributed by atoms with E-state index in [1.165, 1.54) is 35.2 Å². The highest BCUT2D eigenvalue weighted by Gasteiger charge is 2.56. The van der Waals surface area contributed by atoms with E-state index in [9.17, 15) is 37.8 Å². The zero-order valence-electron chi connectivity index (χ0n) is 23.4. The quantitative estimate of drug-likeness (QED) is 0.436. The summed E-state index contributed by atoms with van der Waals surface area (Å²) in [5, 5.41) is 19.0. The summed E-state index contributed by atoms with van der Waals surface area (Å²) in [7, 11) is 0. The molecule has 9 nitrogen and oxygen atoms in total. The first kappa shape index (κ1) is 30.4. The highest BCUT2D eigenvalue weighted by Crippen LogP contribution is 2.44. The van der Waals surface area contributed by atoms with Gasteiger partial charge in [-0.05, 0) is 67.0 Å². The number of carbonyl (C=O) groups is 3. The normalized spacial score (nSPS) is 23.9. The third-order valence-electron chi connectivity index (χ3n) is 9.10. The van der Waals surface area contributed by atoms with Crippen LogP contribution < -0.4 is 10.6 Å². The smallest absolute Gasteiger partial charge is 0.416 e. The Bertz CT molecular complexity index is 1370. The van der Waals surface area contributed by atoms with E-state index in [4.69, 9.17) is 5.73 Å². The number of aliphatic carboxylic acids is 1. The number of nitrogens with zero attached hydrogens (tertiary/aromatic N) is 3. The molecule has 232 valence electrons. The molecule has 2 aromatic rings. The number of alkyl halides is 4. The van der Waals surface area contributed by atoms with Gasteiger partial charge in [0.2, 0.25) is 5.67 Å². The van der Waals surface area contributed by atoms with Gasteiger partial charge in [0, 0.05) is 44.3 Å². The lowest BCUT2D eigenvalue weighted by Crippen LogP contribution is -2.52. The number of nitrogens with two attached hydrogens (primary N) is 1. The molecule has 0 radical (unpaired) electrons. The molecule has 0 saturated carbocycles. The van der Waals surface area contributed by atoms with Crippen LogP contribution in [-0.2, 0) is 15.8 Å². The monoisotopic (exact) mass is 606 g/mol. The maximum absolute atomic E-state index is 16.7. The Morgan fingerprint density at radius 3 is 2.09 bits per heavy atom. The van der Waals surface area contributed by atoms with Gasteiger partial charge in [-0.1, -0.05) is 18.2 Å². The number of phenolic OH excluding ortho intramolecular Hbond substituents is 1. The topological polar surface area (TPSA) is 127 Å². The molecule has 43 heavy (non-hydrogen) atoms. The molecule has 0 bridgehead atoms. The number of hydrogen-bond acceptors (Lipinski definition) is 5. The third kappa shape index (κ3) is 6.07. The standard InChI is InChI=1S/C30H34F4N4O5/c31-29(17-38(28(35)43)16-24(29)19-1-4-22(39)5-2-19)27(42)37-13-7-18(8-14-37)23-6-3-21(30(32,33)34)15-25(23)36-11-9-20(10-12-36)26(40)41/h1-6,15,18,20,24,39H,7-14,16-17H2,(H2,35,43)(H,40,41)/t24-,29-/m0/s1. The lowest BCUT2D eigenvalue weighted by Gasteiger charge is -2.39. The van der Waals surface area contributed by atoms with Gasteiger partial charge in [0.25, 0.3) is 5.91 Å². The fourth-order valence-corrected chi connectivity index (χ4v) is 6.64. The molecule has 0 aromatic heterocycles. The number of rotatable bonds is 5. The Morgan fingerprint density at radius 2 is 1.53 bits per heavy atom. The van der Waals surface area contributed by atoms with Gasteiger partial charge in [-0.3, -0.25) is 9.59 Å². The van der Waals surface area contributed by atoms with Gasteiger partial charge in [0.1, 0.15) is 5.75 Å². The number of benzene rings is 2. The van der Waals surface area contributed by atoms with Crippen LogP contribution in [0.25, 0.3) is 0 Å². The Morgan fingerprint density at radius 1 is 0.907 bits per heavy atom. The first-order valence-electron chi connectivity index (χ1n) is 14.3. The molecule has 2 atom stereocenters. The second kappa shape index (κ2) is 11.6. The van der Waals surface area contributed by atoms with Crippen molar-refractivity contribution in [3.05, 3.63) is 59.2 Å². The van der Waals surface area contributed by atoms with E-state index in [0.717, 1.165) is 17.0 Å². The molecule has 3 aliphatic heterocycles. The lowest BCUT2D eigenvalue weighted by molar-refractivity contribution is -0.145. The summed E-state index contributed by atoms with van der Waals surface area (Å²) in [6, 6.07) is 8.53. The number of halogens is 4. The predicted molar refractivity (Wildman–Crippen MR) is 148 cm³/mol. The number of hydrogen-bond donors (Lipinski definition) is 3. The van der Waals surface area contributed by atoms with E-state index in [-0.39, 0.29) is 31.3 Å². The number of aromatic hydroxyl groups is 1. The van der Waals surface area contributed by atoms with Gasteiger partial charge in [0.15, 0.2) is 0 Å². The SMILES string of the molecule is NC(=O)N1C[C@@H](c2ccc(O)cc2)[C@](F)(C(=O)N2CCC(c3ccc(C(F)(F)F)cc3N3CCC(C(=O)O)CC3)CC2)C1. The van der Waals surface area contributed by atoms with Crippen LogP contribution in [0.5, 0.6) is 5.75 Å². The zero-order chi connectivity index (χ0) is 31.1. The average molecular weight is 607 g/mol. The molecule has 0 spiro atoms. The summed E-state index contributed by atoms with van der Waals surface area (Å²) in [5.41, 5.74) is 3.72. The molecule has 2 aromatic carbocycles. The van der Waals surface area contributed by atoms with Crippen molar-refractivity contribution in [1.82, 2.24) is 9.80 Å². The van der Waals surface area contributed by atoms with E-state index < -0.39 is 53.7 Å². The number of carboxylic acid groups (broad SMARTS) is 1. The summed E-state index contributed by atoms with van der Waals surface area (Å²) < 4.78 is 57.6. The van der Waals surface area contributed by atoms with Crippen LogP contribution in [0.15, 0.2) is 42.5 Å². The average Bonchev–Trinajstić information content (AvgIpc) is 3.35. The minimum absolute atomic E-state index is 0.0275. The van der Waals surface area contributed by atoms with Crippen molar-refractivity contribution in [2.75, 3.05) is 44.2 Å². The van der Waals surface area contributed by atoms with Gasteiger partial charge in [-0.2, -0.15) is 13.2 Å². The lowest BCUT2D eigenvalue weighted by atomic mass is 9.83. The van der Waals surface area contributed by atoms with E-state index in [1.54, 1.807) is 4.90 Å². The number of anilines is 1. The van der Waals surface area contributed by atoms with E-state index in [1.807, 2.05) is 0 Å². The summed E-state index contributed by atoms with van der Waals surface area (Å²) in [5.74, 6) is -3.47. The van der Waals surface area contributed by atoms with Crippen molar-refractivity contribution in [3.8, 4) is 5.75 Å². The van der Waals surface area contributed by atoms with E-state index in [0.29, 0.717) is 55.6 Å². The van der Waals surface area contributed by atoms with Gasteiger partial charge in [-0.15, -0.1) is 0 Å². The Balaban J connectivity index is 1.35. The fraction of sp³-hybridized carbons (Fsp3) is 0.500. The van der Waals surface area contributed by atoms with Crippen molar-refractivity contribution in [2.24, 2.45) is 11.7 Å². The zero-order valence-corrected chi connectivity index (χ0v) is 23.4. The number of carboxylic acids is 1. The summed E-state index contributed by atoms with van der Waals surface area (Å²) >= 11 is 0. The second-order valence-corrected chi connectivity index (χ2v) is 11.7. The number of likely N-dealkylation sites (tertiary alicyclic amines) is 2. The molecule has 3 amide bonds. The molecular weight excluding hydrogens is 572 g/mol. The highest BCUT2D eigenvalue weighted by atomic mass is 19.4. The first-order valence-corrected chi connectivity index (χ1v) is 14.3. The molecule has 4 N–H and O–H groups in total.